The number of halogens is 2. The zero-order valence-electron chi connectivity index (χ0n) is 16.0. The average Bonchev–Trinajstić information content (AvgIpc) is 3.04. The second kappa shape index (κ2) is 7.61. The second-order valence-corrected chi connectivity index (χ2v) is 7.73. The molecule has 3 rings (SSSR count). The van der Waals surface area contributed by atoms with Crippen molar-refractivity contribution in [3.05, 3.63) is 47.8 Å². The molecule has 0 radical (unpaired) electrons. The van der Waals surface area contributed by atoms with Gasteiger partial charge in [0, 0.05) is 24.8 Å². The van der Waals surface area contributed by atoms with Gasteiger partial charge in [-0.3, -0.25) is 4.79 Å². The van der Waals surface area contributed by atoms with E-state index in [1.165, 1.54) is 6.07 Å². The number of carbonyl (C=O) groups excluding carboxylic acids is 2. The summed E-state index contributed by atoms with van der Waals surface area (Å²) in [6.45, 7) is 6.14. The first-order chi connectivity index (χ1) is 13.1. The first-order valence-corrected chi connectivity index (χ1v) is 9.06. The maximum Gasteiger partial charge on any atom is 0.407 e. The molecule has 1 atom stereocenters. The number of alkyl carbamates (subject to hydrolysis) is 1. The van der Waals surface area contributed by atoms with Crippen molar-refractivity contribution < 1.29 is 23.1 Å². The third-order valence-corrected chi connectivity index (χ3v) is 4.37. The zero-order valence-corrected chi connectivity index (χ0v) is 16.0. The van der Waals surface area contributed by atoms with E-state index in [0.29, 0.717) is 36.3 Å². The standard InChI is InChI=1S/C20H23F2N3O3/c1-20(2,3)28-19(27)23-7-6-14-10-24-18(26)17-9-13(11-25(14)17)12-4-5-15(21)16(22)8-12/h4-5,8-9,11,14H,6-7,10H2,1-3H3,(H,23,27)(H,24,26). The first-order valence-electron chi connectivity index (χ1n) is 9.06. The largest absolute Gasteiger partial charge is 0.444 e. The molecule has 0 fully saturated rings. The second-order valence-electron chi connectivity index (χ2n) is 7.73. The highest BCUT2D eigenvalue weighted by Gasteiger charge is 2.26. The highest BCUT2D eigenvalue weighted by molar-refractivity contribution is 5.95. The van der Waals surface area contributed by atoms with Crippen molar-refractivity contribution in [2.75, 3.05) is 13.1 Å². The molecule has 1 aliphatic heterocycles. The van der Waals surface area contributed by atoms with Crippen molar-refractivity contribution in [2.24, 2.45) is 0 Å². The number of benzene rings is 1. The van der Waals surface area contributed by atoms with E-state index >= 15 is 0 Å². The van der Waals surface area contributed by atoms with Crippen molar-refractivity contribution in [3.8, 4) is 11.1 Å². The smallest absolute Gasteiger partial charge is 0.407 e. The highest BCUT2D eigenvalue weighted by atomic mass is 19.2. The maximum absolute atomic E-state index is 13.5. The van der Waals surface area contributed by atoms with E-state index in [1.807, 2.05) is 4.57 Å². The Morgan fingerprint density at radius 2 is 2.00 bits per heavy atom. The lowest BCUT2D eigenvalue weighted by Gasteiger charge is -2.27. The summed E-state index contributed by atoms with van der Waals surface area (Å²) in [5.74, 6) is -2.09. The van der Waals surface area contributed by atoms with Crippen LogP contribution in [0.4, 0.5) is 13.6 Å². The minimum Gasteiger partial charge on any atom is -0.444 e. The molecule has 0 bridgehead atoms. The fourth-order valence-corrected chi connectivity index (χ4v) is 3.09. The lowest BCUT2D eigenvalue weighted by Crippen LogP contribution is -2.40. The molecule has 0 saturated carbocycles. The maximum atomic E-state index is 13.5. The number of rotatable bonds is 4. The van der Waals surface area contributed by atoms with Crippen LogP contribution in [0.25, 0.3) is 11.1 Å². The van der Waals surface area contributed by atoms with Crippen LogP contribution in [0.15, 0.2) is 30.5 Å². The quantitative estimate of drug-likeness (QED) is 0.836. The number of hydrogen-bond donors (Lipinski definition) is 2. The Labute approximate surface area is 161 Å². The van der Waals surface area contributed by atoms with Gasteiger partial charge in [0.05, 0.1) is 6.04 Å². The molecule has 0 saturated heterocycles. The molecule has 2 heterocycles. The number of aromatic nitrogens is 1. The van der Waals surface area contributed by atoms with Crippen LogP contribution < -0.4 is 10.6 Å². The van der Waals surface area contributed by atoms with E-state index in [4.69, 9.17) is 4.74 Å². The molecule has 1 aliphatic rings. The predicted octanol–water partition coefficient (Wildman–Crippen LogP) is 3.63. The van der Waals surface area contributed by atoms with Gasteiger partial charge in [0.25, 0.3) is 5.91 Å². The minimum atomic E-state index is -0.941. The number of hydrogen-bond acceptors (Lipinski definition) is 3. The molecule has 0 spiro atoms. The molecule has 1 unspecified atom stereocenters. The topological polar surface area (TPSA) is 72.4 Å². The molecular formula is C20H23F2N3O3. The summed E-state index contributed by atoms with van der Waals surface area (Å²) in [6, 6.07) is 5.20. The molecule has 2 amide bonds. The zero-order chi connectivity index (χ0) is 20.5. The highest BCUT2D eigenvalue weighted by Crippen LogP contribution is 2.28. The van der Waals surface area contributed by atoms with Crippen LogP contribution >= 0.6 is 0 Å². The third kappa shape index (κ3) is 4.49. The van der Waals surface area contributed by atoms with E-state index in [1.54, 1.807) is 33.0 Å². The van der Waals surface area contributed by atoms with Crippen LogP contribution in [0.1, 0.15) is 43.7 Å². The summed E-state index contributed by atoms with van der Waals surface area (Å²) in [4.78, 5) is 24.0. The van der Waals surface area contributed by atoms with Crippen molar-refractivity contribution in [3.63, 3.8) is 0 Å². The fourth-order valence-electron chi connectivity index (χ4n) is 3.09. The number of nitrogens with zero attached hydrogens (tertiary/aromatic N) is 1. The first kappa shape index (κ1) is 19.9. The van der Waals surface area contributed by atoms with Gasteiger partial charge in [0.1, 0.15) is 11.3 Å². The summed E-state index contributed by atoms with van der Waals surface area (Å²) in [5.41, 5.74) is 0.971. The van der Waals surface area contributed by atoms with Crippen molar-refractivity contribution in [2.45, 2.75) is 38.8 Å². The summed E-state index contributed by atoms with van der Waals surface area (Å²) >= 11 is 0. The Morgan fingerprint density at radius 1 is 1.25 bits per heavy atom. The van der Waals surface area contributed by atoms with Crippen LogP contribution in [0.5, 0.6) is 0 Å². The third-order valence-electron chi connectivity index (χ3n) is 4.37. The average molecular weight is 391 g/mol. The molecule has 2 N–H and O–H groups in total. The Balaban J connectivity index is 1.73. The van der Waals surface area contributed by atoms with E-state index in [0.717, 1.165) is 12.1 Å². The minimum absolute atomic E-state index is 0.0818. The lowest BCUT2D eigenvalue weighted by molar-refractivity contribution is 0.0523. The Morgan fingerprint density at radius 3 is 2.68 bits per heavy atom. The predicted molar refractivity (Wildman–Crippen MR) is 100 cm³/mol. The number of nitrogens with one attached hydrogen (secondary N) is 2. The van der Waals surface area contributed by atoms with Gasteiger partial charge in [-0.05, 0) is 51.0 Å². The molecule has 0 aliphatic carbocycles. The molecule has 150 valence electrons. The van der Waals surface area contributed by atoms with Gasteiger partial charge < -0.3 is 19.9 Å². The van der Waals surface area contributed by atoms with Gasteiger partial charge >= 0.3 is 6.09 Å². The van der Waals surface area contributed by atoms with Gasteiger partial charge in [-0.2, -0.15) is 0 Å². The Hall–Kier alpha value is -2.90. The van der Waals surface area contributed by atoms with Crippen LogP contribution in [0, 0.1) is 11.6 Å². The Kier molecular flexibility index (Phi) is 5.40. The van der Waals surface area contributed by atoms with Gasteiger partial charge in [-0.25, -0.2) is 13.6 Å². The molecule has 1 aromatic carbocycles. The van der Waals surface area contributed by atoms with Crippen LogP contribution in [-0.4, -0.2) is 35.3 Å². The molecule has 6 nitrogen and oxygen atoms in total. The fraction of sp³-hybridized carbons (Fsp3) is 0.400. The van der Waals surface area contributed by atoms with Crippen molar-refractivity contribution >= 4 is 12.0 Å². The molecule has 2 aromatic rings. The summed E-state index contributed by atoms with van der Waals surface area (Å²) in [6.07, 6.45) is 1.82. The van der Waals surface area contributed by atoms with E-state index in [9.17, 15) is 18.4 Å². The lowest BCUT2D eigenvalue weighted by atomic mass is 10.1. The van der Waals surface area contributed by atoms with E-state index in [2.05, 4.69) is 10.6 Å². The summed E-state index contributed by atoms with van der Waals surface area (Å²) in [7, 11) is 0. The van der Waals surface area contributed by atoms with Crippen molar-refractivity contribution in [1.82, 2.24) is 15.2 Å². The molecular weight excluding hydrogens is 368 g/mol. The molecule has 28 heavy (non-hydrogen) atoms. The van der Waals surface area contributed by atoms with Gasteiger partial charge in [-0.1, -0.05) is 6.07 Å². The van der Waals surface area contributed by atoms with Gasteiger partial charge in [0.2, 0.25) is 0 Å². The number of fused-ring (bicyclic) bond motifs is 1. The van der Waals surface area contributed by atoms with Gasteiger partial charge in [0.15, 0.2) is 11.6 Å². The van der Waals surface area contributed by atoms with E-state index in [-0.39, 0.29) is 11.9 Å². The summed E-state index contributed by atoms with van der Waals surface area (Å²) < 4.78 is 33.7. The molecule has 8 heteroatoms. The SMILES string of the molecule is CC(C)(C)OC(=O)NCCC1CNC(=O)c2cc(-c3ccc(F)c(F)c3)cn21. The van der Waals surface area contributed by atoms with Crippen molar-refractivity contribution in [1.29, 1.82) is 0 Å². The number of carbonyl (C=O) groups is 2. The van der Waals surface area contributed by atoms with Gasteiger partial charge in [-0.15, -0.1) is 0 Å². The molecule has 1 aromatic heterocycles. The van der Waals surface area contributed by atoms with Crippen LogP contribution in [-0.2, 0) is 4.74 Å². The monoisotopic (exact) mass is 391 g/mol. The number of ether oxygens (including phenoxy) is 1. The van der Waals surface area contributed by atoms with E-state index < -0.39 is 23.3 Å². The summed E-state index contributed by atoms with van der Waals surface area (Å²) in [5, 5.41) is 5.51. The van der Waals surface area contributed by atoms with Crippen LogP contribution in [0.2, 0.25) is 0 Å². The normalized spacial score (nSPS) is 16.3. The Bertz CT molecular complexity index is 903. The number of amides is 2. The van der Waals surface area contributed by atoms with Crippen LogP contribution in [0.3, 0.4) is 0 Å².